The third-order valence-corrected chi connectivity index (χ3v) is 1.60. The molecular weight excluding hydrogens is 168 g/mol. The molecule has 0 aliphatic heterocycles. The third kappa shape index (κ3) is 9.08. The van der Waals surface area contributed by atoms with Crippen LogP contribution in [0.3, 0.4) is 0 Å². The molecule has 0 aliphatic rings. The molecule has 13 heavy (non-hydrogen) atoms. The number of ether oxygens (including phenoxy) is 1. The molecule has 3 heteroatoms. The largest absolute Gasteiger partial charge is 0.463 e. The molecule has 76 valence electrons. The van der Waals surface area contributed by atoms with Crippen LogP contribution in [0, 0.1) is 0 Å². The highest BCUT2D eigenvalue weighted by atomic mass is 16.5. The van der Waals surface area contributed by atoms with Crippen molar-refractivity contribution in [2.45, 2.75) is 32.6 Å². The van der Waals surface area contributed by atoms with E-state index in [-0.39, 0.29) is 12.6 Å². The lowest BCUT2D eigenvalue weighted by Crippen LogP contribution is -2.02. The van der Waals surface area contributed by atoms with Gasteiger partial charge in [-0.05, 0) is 26.2 Å². The van der Waals surface area contributed by atoms with E-state index >= 15 is 0 Å². The molecule has 0 radical (unpaired) electrons. The van der Waals surface area contributed by atoms with Gasteiger partial charge in [-0.3, -0.25) is 0 Å². The van der Waals surface area contributed by atoms with E-state index in [0.717, 1.165) is 25.7 Å². The zero-order chi connectivity index (χ0) is 9.94. The van der Waals surface area contributed by atoms with Gasteiger partial charge in [0.15, 0.2) is 0 Å². The SMILES string of the molecule is C/C=C/C(=O)OCCCCCCO. The van der Waals surface area contributed by atoms with Gasteiger partial charge in [-0.2, -0.15) is 0 Å². The number of rotatable bonds is 7. The molecule has 0 fully saturated rings. The second-order valence-electron chi connectivity index (χ2n) is 2.81. The average Bonchev–Trinajstić information content (AvgIpc) is 2.11. The van der Waals surface area contributed by atoms with Crippen molar-refractivity contribution in [2.75, 3.05) is 13.2 Å². The number of hydrogen-bond acceptors (Lipinski definition) is 3. The number of allylic oxidation sites excluding steroid dienone is 1. The van der Waals surface area contributed by atoms with E-state index in [4.69, 9.17) is 9.84 Å². The summed E-state index contributed by atoms with van der Waals surface area (Å²) >= 11 is 0. The molecule has 3 nitrogen and oxygen atoms in total. The molecule has 0 unspecified atom stereocenters. The lowest BCUT2D eigenvalue weighted by Gasteiger charge is -2.00. The number of carbonyl (C=O) groups is 1. The molecule has 0 spiro atoms. The summed E-state index contributed by atoms with van der Waals surface area (Å²) < 4.78 is 4.87. The van der Waals surface area contributed by atoms with Gasteiger partial charge in [-0.15, -0.1) is 0 Å². The van der Waals surface area contributed by atoms with Crippen molar-refractivity contribution in [1.82, 2.24) is 0 Å². The first-order chi connectivity index (χ1) is 6.31. The number of hydrogen-bond donors (Lipinski definition) is 1. The van der Waals surface area contributed by atoms with Gasteiger partial charge in [0.1, 0.15) is 0 Å². The van der Waals surface area contributed by atoms with E-state index in [1.54, 1.807) is 13.0 Å². The maximum Gasteiger partial charge on any atom is 0.330 e. The van der Waals surface area contributed by atoms with Crippen molar-refractivity contribution in [3.8, 4) is 0 Å². The van der Waals surface area contributed by atoms with E-state index in [1.165, 1.54) is 6.08 Å². The number of carbonyl (C=O) groups excluding carboxylic acids is 1. The Morgan fingerprint density at radius 1 is 1.31 bits per heavy atom. The lowest BCUT2D eigenvalue weighted by atomic mass is 10.2. The molecule has 0 aromatic rings. The molecular formula is C10H18O3. The van der Waals surface area contributed by atoms with Gasteiger partial charge in [0.2, 0.25) is 0 Å². The average molecular weight is 186 g/mol. The fraction of sp³-hybridized carbons (Fsp3) is 0.700. The molecule has 0 aliphatic carbocycles. The highest BCUT2D eigenvalue weighted by molar-refractivity contribution is 5.81. The second-order valence-corrected chi connectivity index (χ2v) is 2.81. The van der Waals surface area contributed by atoms with Gasteiger partial charge in [-0.25, -0.2) is 4.79 Å². The van der Waals surface area contributed by atoms with Gasteiger partial charge in [0.05, 0.1) is 6.61 Å². The maximum atomic E-state index is 10.8. The Morgan fingerprint density at radius 3 is 2.62 bits per heavy atom. The Labute approximate surface area is 79.4 Å². The van der Waals surface area contributed by atoms with Gasteiger partial charge in [0, 0.05) is 12.7 Å². The zero-order valence-corrected chi connectivity index (χ0v) is 8.16. The number of esters is 1. The van der Waals surface area contributed by atoms with Crippen LogP contribution in [-0.4, -0.2) is 24.3 Å². The summed E-state index contributed by atoms with van der Waals surface area (Å²) in [6, 6.07) is 0. The molecule has 0 saturated carbocycles. The monoisotopic (exact) mass is 186 g/mol. The minimum atomic E-state index is -0.273. The van der Waals surface area contributed by atoms with E-state index in [0.29, 0.717) is 6.61 Å². The van der Waals surface area contributed by atoms with Crippen LogP contribution in [0.15, 0.2) is 12.2 Å². The second kappa shape index (κ2) is 9.26. The van der Waals surface area contributed by atoms with E-state index < -0.39 is 0 Å². The topological polar surface area (TPSA) is 46.5 Å². The van der Waals surface area contributed by atoms with Crippen molar-refractivity contribution in [3.63, 3.8) is 0 Å². The van der Waals surface area contributed by atoms with E-state index in [1.807, 2.05) is 0 Å². The first-order valence-corrected chi connectivity index (χ1v) is 4.71. The highest BCUT2D eigenvalue weighted by Crippen LogP contribution is 1.99. The van der Waals surface area contributed by atoms with Crippen molar-refractivity contribution < 1.29 is 14.6 Å². The van der Waals surface area contributed by atoms with Gasteiger partial charge >= 0.3 is 5.97 Å². The van der Waals surface area contributed by atoms with Gasteiger partial charge < -0.3 is 9.84 Å². The van der Waals surface area contributed by atoms with Crippen LogP contribution in [0.5, 0.6) is 0 Å². The zero-order valence-electron chi connectivity index (χ0n) is 8.16. The quantitative estimate of drug-likeness (QED) is 0.373. The Balaban J connectivity index is 3.11. The van der Waals surface area contributed by atoms with Crippen molar-refractivity contribution in [3.05, 3.63) is 12.2 Å². The van der Waals surface area contributed by atoms with Crippen LogP contribution in [0.4, 0.5) is 0 Å². The summed E-state index contributed by atoms with van der Waals surface area (Å²) in [7, 11) is 0. The van der Waals surface area contributed by atoms with Crippen LogP contribution in [0.25, 0.3) is 0 Å². The molecule has 0 atom stereocenters. The van der Waals surface area contributed by atoms with Crippen LogP contribution < -0.4 is 0 Å². The van der Waals surface area contributed by atoms with E-state index in [2.05, 4.69) is 0 Å². The van der Waals surface area contributed by atoms with Crippen molar-refractivity contribution in [2.24, 2.45) is 0 Å². The number of unbranched alkanes of at least 4 members (excludes halogenated alkanes) is 3. The molecule has 0 aromatic carbocycles. The third-order valence-electron chi connectivity index (χ3n) is 1.60. The summed E-state index contributed by atoms with van der Waals surface area (Å²) in [6.07, 6.45) is 6.79. The summed E-state index contributed by atoms with van der Waals surface area (Å²) in [4.78, 5) is 10.8. The molecule has 0 rings (SSSR count). The van der Waals surface area contributed by atoms with Crippen LogP contribution >= 0.6 is 0 Å². The Kier molecular flexibility index (Phi) is 8.67. The molecule has 0 bridgehead atoms. The number of aliphatic hydroxyl groups is 1. The molecule has 0 heterocycles. The van der Waals surface area contributed by atoms with Crippen LogP contribution in [0.2, 0.25) is 0 Å². The molecule has 1 N–H and O–H groups in total. The summed E-state index contributed by atoms with van der Waals surface area (Å²) in [5.41, 5.74) is 0. The summed E-state index contributed by atoms with van der Waals surface area (Å²) in [5, 5.41) is 8.49. The molecule has 0 amide bonds. The minimum absolute atomic E-state index is 0.248. The normalized spacial score (nSPS) is 10.6. The molecule has 0 aromatic heterocycles. The van der Waals surface area contributed by atoms with Crippen LogP contribution in [-0.2, 0) is 9.53 Å². The highest BCUT2D eigenvalue weighted by Gasteiger charge is 1.95. The lowest BCUT2D eigenvalue weighted by molar-refractivity contribution is -0.137. The fourth-order valence-corrected chi connectivity index (χ4v) is 0.924. The number of aliphatic hydroxyl groups excluding tert-OH is 1. The summed E-state index contributed by atoms with van der Waals surface area (Å²) in [6.45, 7) is 2.51. The Bertz CT molecular complexity index is 152. The van der Waals surface area contributed by atoms with Crippen molar-refractivity contribution in [1.29, 1.82) is 0 Å². The maximum absolute atomic E-state index is 10.8. The Morgan fingerprint density at radius 2 is 2.00 bits per heavy atom. The smallest absolute Gasteiger partial charge is 0.330 e. The predicted octanol–water partition coefficient (Wildman–Crippen LogP) is 1.66. The fourth-order valence-electron chi connectivity index (χ4n) is 0.924. The summed E-state index contributed by atoms with van der Waals surface area (Å²) in [5.74, 6) is -0.273. The van der Waals surface area contributed by atoms with E-state index in [9.17, 15) is 4.79 Å². The van der Waals surface area contributed by atoms with Gasteiger partial charge in [0.25, 0.3) is 0 Å². The van der Waals surface area contributed by atoms with Crippen LogP contribution in [0.1, 0.15) is 32.6 Å². The first-order valence-electron chi connectivity index (χ1n) is 4.71. The van der Waals surface area contributed by atoms with Gasteiger partial charge in [-0.1, -0.05) is 12.5 Å². The Hall–Kier alpha value is -0.830. The molecule has 0 saturated heterocycles. The van der Waals surface area contributed by atoms with Crippen molar-refractivity contribution >= 4 is 5.97 Å². The minimum Gasteiger partial charge on any atom is -0.463 e. The first kappa shape index (κ1) is 12.2. The predicted molar refractivity (Wildman–Crippen MR) is 51.3 cm³/mol. The standard InChI is InChI=1S/C10H18O3/c1-2-7-10(12)13-9-6-4-3-5-8-11/h2,7,11H,3-6,8-9H2,1H3/b7-2+.